The van der Waals surface area contributed by atoms with Crippen LogP contribution in [0.25, 0.3) is 0 Å². The average Bonchev–Trinajstić information content (AvgIpc) is 2.48. The summed E-state index contributed by atoms with van der Waals surface area (Å²) in [4.78, 5) is 0. The fraction of sp³-hybridized carbons (Fsp3) is 0.176. The molecule has 3 heteroatoms. The first-order chi connectivity index (χ1) is 9.81. The first kappa shape index (κ1) is 14.6. The summed E-state index contributed by atoms with van der Waals surface area (Å²) in [7, 11) is 0. The highest BCUT2D eigenvalue weighted by atomic mass is 79.9. The van der Waals surface area contributed by atoms with Crippen molar-refractivity contribution in [2.24, 2.45) is 0 Å². The number of ether oxygens (including phenoxy) is 1. The maximum absolute atomic E-state index is 5.53. The molecule has 0 atom stereocenters. The lowest BCUT2D eigenvalue weighted by Gasteiger charge is -2.11. The summed E-state index contributed by atoms with van der Waals surface area (Å²) < 4.78 is 6.64. The molecule has 0 bridgehead atoms. The van der Waals surface area contributed by atoms with Crippen molar-refractivity contribution in [3.63, 3.8) is 0 Å². The molecule has 2 nitrogen and oxygen atoms in total. The van der Waals surface area contributed by atoms with Gasteiger partial charge in [0.15, 0.2) is 0 Å². The summed E-state index contributed by atoms with van der Waals surface area (Å²) in [6.07, 6.45) is 5.22. The lowest BCUT2D eigenvalue weighted by Crippen LogP contribution is -2.14. The van der Waals surface area contributed by atoms with E-state index in [0.29, 0.717) is 6.61 Å². The summed E-state index contributed by atoms with van der Waals surface area (Å²) in [6, 6.07) is 16.1. The minimum atomic E-state index is 0.293. The van der Waals surface area contributed by atoms with E-state index in [9.17, 15) is 0 Å². The summed E-state index contributed by atoms with van der Waals surface area (Å²) in [5, 5.41) is 3.41. The minimum Gasteiger partial charge on any atom is -0.481 e. The van der Waals surface area contributed by atoms with E-state index in [1.807, 2.05) is 42.5 Å². The molecule has 2 aromatic carbocycles. The second kappa shape index (κ2) is 7.74. The van der Waals surface area contributed by atoms with Crippen molar-refractivity contribution in [2.45, 2.75) is 13.1 Å². The number of hydrogen-bond donors (Lipinski definition) is 1. The molecule has 20 heavy (non-hydrogen) atoms. The van der Waals surface area contributed by atoms with E-state index in [4.69, 9.17) is 11.2 Å². The van der Waals surface area contributed by atoms with E-state index in [0.717, 1.165) is 28.9 Å². The summed E-state index contributed by atoms with van der Waals surface area (Å²) in [5.41, 5.74) is 2.34. The zero-order valence-electron chi connectivity index (χ0n) is 11.1. The maximum atomic E-state index is 5.53. The highest BCUT2D eigenvalue weighted by Gasteiger charge is 2.03. The van der Waals surface area contributed by atoms with Gasteiger partial charge in [0.05, 0.1) is 0 Å². The van der Waals surface area contributed by atoms with E-state index in [-0.39, 0.29) is 0 Å². The smallest absolute Gasteiger partial charge is 0.148 e. The van der Waals surface area contributed by atoms with Crippen LogP contribution in [0, 0.1) is 12.3 Å². The molecule has 0 saturated carbocycles. The van der Waals surface area contributed by atoms with Crippen LogP contribution in [0.5, 0.6) is 5.75 Å². The third-order valence-corrected chi connectivity index (χ3v) is 3.65. The number of para-hydroxylation sites is 1. The monoisotopic (exact) mass is 329 g/mol. The van der Waals surface area contributed by atoms with Crippen LogP contribution in [0.15, 0.2) is 53.0 Å². The number of halogens is 1. The molecule has 0 aliphatic carbocycles. The topological polar surface area (TPSA) is 21.3 Å². The number of benzene rings is 2. The van der Waals surface area contributed by atoms with Gasteiger partial charge in [-0.2, -0.15) is 0 Å². The third-order valence-electron chi connectivity index (χ3n) is 2.87. The minimum absolute atomic E-state index is 0.293. The molecule has 1 N–H and O–H groups in total. The zero-order valence-corrected chi connectivity index (χ0v) is 12.7. The van der Waals surface area contributed by atoms with Crippen LogP contribution in [0.2, 0.25) is 0 Å². The summed E-state index contributed by atoms with van der Waals surface area (Å²) >= 11 is 3.54. The Hall–Kier alpha value is -1.76. The van der Waals surface area contributed by atoms with Crippen LogP contribution in [0.3, 0.4) is 0 Å². The van der Waals surface area contributed by atoms with E-state index < -0.39 is 0 Å². The van der Waals surface area contributed by atoms with E-state index in [1.165, 1.54) is 5.56 Å². The number of nitrogens with one attached hydrogen (secondary N) is 1. The van der Waals surface area contributed by atoms with Gasteiger partial charge >= 0.3 is 0 Å². The third kappa shape index (κ3) is 4.12. The number of terminal acetylenes is 1. The van der Waals surface area contributed by atoms with Crippen molar-refractivity contribution in [2.75, 3.05) is 6.61 Å². The van der Waals surface area contributed by atoms with E-state index in [2.05, 4.69) is 33.2 Å². The Bertz CT molecular complexity index is 604. The van der Waals surface area contributed by atoms with E-state index in [1.54, 1.807) is 0 Å². The Morgan fingerprint density at radius 2 is 1.65 bits per heavy atom. The lowest BCUT2D eigenvalue weighted by molar-refractivity contribution is 0.365. The van der Waals surface area contributed by atoms with Gasteiger partial charge in [0.25, 0.3) is 0 Å². The molecule has 0 aliphatic heterocycles. The zero-order chi connectivity index (χ0) is 14.2. The quantitative estimate of drug-likeness (QED) is 0.815. The van der Waals surface area contributed by atoms with Gasteiger partial charge in [0.2, 0.25) is 0 Å². The van der Waals surface area contributed by atoms with Crippen LogP contribution in [0.4, 0.5) is 0 Å². The molecule has 0 aliphatic rings. The van der Waals surface area contributed by atoms with Crippen LogP contribution in [0.1, 0.15) is 11.1 Å². The standard InChI is InChI=1S/C17H16BrNO/c1-2-11-20-17-10-6-4-8-15(17)13-19-12-14-7-3-5-9-16(14)18/h1,3-10,19H,11-13H2. The Kier molecular flexibility index (Phi) is 5.67. The van der Waals surface area contributed by atoms with Crippen molar-refractivity contribution in [3.05, 3.63) is 64.1 Å². The highest BCUT2D eigenvalue weighted by molar-refractivity contribution is 9.10. The molecular formula is C17H16BrNO. The number of hydrogen-bond acceptors (Lipinski definition) is 2. The molecule has 0 radical (unpaired) electrons. The van der Waals surface area contributed by atoms with Crippen molar-refractivity contribution >= 4 is 15.9 Å². The predicted molar refractivity (Wildman–Crippen MR) is 85.5 cm³/mol. The highest BCUT2D eigenvalue weighted by Crippen LogP contribution is 2.19. The van der Waals surface area contributed by atoms with Crippen molar-refractivity contribution < 1.29 is 4.74 Å². The summed E-state index contributed by atoms with van der Waals surface area (Å²) in [6.45, 7) is 1.83. The average molecular weight is 330 g/mol. The molecular weight excluding hydrogens is 314 g/mol. The van der Waals surface area contributed by atoms with Gasteiger partial charge in [0.1, 0.15) is 12.4 Å². The fourth-order valence-corrected chi connectivity index (χ4v) is 2.31. The Morgan fingerprint density at radius 3 is 2.40 bits per heavy atom. The van der Waals surface area contributed by atoms with Crippen LogP contribution in [-0.4, -0.2) is 6.61 Å². The van der Waals surface area contributed by atoms with Gasteiger partial charge in [0, 0.05) is 23.1 Å². The second-order valence-corrected chi connectivity index (χ2v) is 5.15. The van der Waals surface area contributed by atoms with Gasteiger partial charge in [-0.1, -0.05) is 58.2 Å². The second-order valence-electron chi connectivity index (χ2n) is 4.30. The van der Waals surface area contributed by atoms with Gasteiger partial charge in [-0.15, -0.1) is 6.42 Å². The molecule has 0 fully saturated rings. The van der Waals surface area contributed by atoms with Gasteiger partial charge in [-0.3, -0.25) is 0 Å². The fourth-order valence-electron chi connectivity index (χ4n) is 1.88. The maximum Gasteiger partial charge on any atom is 0.148 e. The van der Waals surface area contributed by atoms with Crippen LogP contribution in [-0.2, 0) is 13.1 Å². The van der Waals surface area contributed by atoms with Crippen molar-refractivity contribution in [3.8, 4) is 18.1 Å². The van der Waals surface area contributed by atoms with Crippen molar-refractivity contribution in [1.82, 2.24) is 5.32 Å². The molecule has 0 aromatic heterocycles. The molecule has 0 spiro atoms. The predicted octanol–water partition coefficient (Wildman–Crippen LogP) is 3.75. The normalized spacial score (nSPS) is 10.0. The SMILES string of the molecule is C#CCOc1ccccc1CNCc1ccccc1Br. The lowest BCUT2D eigenvalue weighted by atomic mass is 10.2. The summed E-state index contributed by atoms with van der Waals surface area (Å²) in [5.74, 6) is 3.32. The van der Waals surface area contributed by atoms with Crippen LogP contribution >= 0.6 is 15.9 Å². The van der Waals surface area contributed by atoms with Gasteiger partial charge in [-0.25, -0.2) is 0 Å². The largest absolute Gasteiger partial charge is 0.481 e. The first-order valence-electron chi connectivity index (χ1n) is 6.39. The molecule has 0 amide bonds. The van der Waals surface area contributed by atoms with Gasteiger partial charge in [-0.05, 0) is 17.7 Å². The molecule has 2 aromatic rings. The Balaban J connectivity index is 1.94. The van der Waals surface area contributed by atoms with E-state index >= 15 is 0 Å². The Labute approximate surface area is 128 Å². The molecule has 2 rings (SSSR count). The Morgan fingerprint density at radius 1 is 1.00 bits per heavy atom. The molecule has 0 heterocycles. The molecule has 102 valence electrons. The molecule has 0 saturated heterocycles. The first-order valence-corrected chi connectivity index (χ1v) is 7.19. The van der Waals surface area contributed by atoms with Crippen LogP contribution < -0.4 is 10.1 Å². The molecule has 0 unspecified atom stereocenters. The number of rotatable bonds is 6. The van der Waals surface area contributed by atoms with Gasteiger partial charge < -0.3 is 10.1 Å². The van der Waals surface area contributed by atoms with Crippen molar-refractivity contribution in [1.29, 1.82) is 0 Å².